The van der Waals surface area contributed by atoms with E-state index in [-0.39, 0.29) is 6.42 Å². The first-order valence-corrected chi connectivity index (χ1v) is 16.4. The molecule has 10 heteroatoms. The van der Waals surface area contributed by atoms with Crippen LogP contribution in [0.25, 0.3) is 11.0 Å². The normalized spacial score (nSPS) is 12.8. The highest BCUT2D eigenvalue weighted by Crippen LogP contribution is 2.33. The van der Waals surface area contributed by atoms with Gasteiger partial charge in [-0.3, -0.25) is 4.79 Å². The van der Waals surface area contributed by atoms with Crippen molar-refractivity contribution in [3.05, 3.63) is 53.9 Å². The molecule has 0 fully saturated rings. The van der Waals surface area contributed by atoms with E-state index in [1.807, 2.05) is 17.7 Å². The van der Waals surface area contributed by atoms with Gasteiger partial charge in [-0.15, -0.1) is 0 Å². The molecule has 38 heavy (non-hydrogen) atoms. The fourth-order valence-corrected chi connectivity index (χ4v) is 4.66. The number of nitrogens with zero attached hydrogens (tertiary/aromatic N) is 2. The lowest BCUT2D eigenvalue weighted by atomic mass is 10.0. The molecule has 0 saturated carbocycles. The maximum atomic E-state index is 12.4. The Balaban J connectivity index is 1.81. The van der Waals surface area contributed by atoms with Gasteiger partial charge in [0.25, 0.3) is 0 Å². The Morgan fingerprint density at radius 1 is 1.18 bits per heavy atom. The minimum absolute atomic E-state index is 0.304. The number of carbonyl (C=O) groups excluding carboxylic acids is 1. The quantitative estimate of drug-likeness (QED) is 0.211. The minimum atomic E-state index is -1.17. The summed E-state index contributed by atoms with van der Waals surface area (Å²) in [5, 5.41) is 13.0. The van der Waals surface area contributed by atoms with Crippen LogP contribution in [0.5, 0.6) is 11.5 Å². The van der Waals surface area contributed by atoms with Gasteiger partial charge >= 0.3 is 12.1 Å². The smallest absolute Gasteiger partial charge is 0.408 e. The lowest BCUT2D eigenvalue weighted by Gasteiger charge is -2.23. The maximum Gasteiger partial charge on any atom is 0.408 e. The van der Waals surface area contributed by atoms with Crippen molar-refractivity contribution in [2.75, 3.05) is 6.61 Å². The first-order valence-electron chi connectivity index (χ1n) is 12.7. The van der Waals surface area contributed by atoms with Crippen LogP contribution in [0.1, 0.15) is 44.4 Å². The van der Waals surface area contributed by atoms with Crippen molar-refractivity contribution >= 4 is 31.2 Å². The molecule has 1 amide bonds. The second-order valence-electron chi connectivity index (χ2n) is 11.6. The summed E-state index contributed by atoms with van der Waals surface area (Å²) >= 11 is 0. The van der Waals surface area contributed by atoms with Crippen LogP contribution in [-0.2, 0) is 21.0 Å². The number of rotatable bonds is 11. The molecule has 9 nitrogen and oxygen atoms in total. The highest BCUT2D eigenvalue weighted by atomic mass is 28.3. The van der Waals surface area contributed by atoms with E-state index in [2.05, 4.69) is 29.9 Å². The number of hydrogen-bond donors (Lipinski definition) is 2. The highest BCUT2D eigenvalue weighted by Gasteiger charge is 2.23. The Morgan fingerprint density at radius 2 is 1.92 bits per heavy atom. The van der Waals surface area contributed by atoms with Crippen LogP contribution < -0.4 is 10.1 Å². The molecule has 0 aliphatic rings. The standard InChI is InChI=1S/C28H39N3O6Si/c1-19-17-31(18-35-13-14-38(5,6)7)26-25(19)23(11-12-29-26)36-21-10-8-9-20(15-21)22(16-24(32)33)30-27(34)37-28(2,3)4/h8-12,15,17,22H,13-14,16,18H2,1-7H3,(H,30,34)(H,32,33). The Kier molecular flexibility index (Phi) is 9.21. The average molecular weight is 542 g/mol. The monoisotopic (exact) mass is 541 g/mol. The van der Waals surface area contributed by atoms with Crippen molar-refractivity contribution < 1.29 is 28.9 Å². The third kappa shape index (κ3) is 8.59. The number of carbonyl (C=O) groups is 2. The summed E-state index contributed by atoms with van der Waals surface area (Å²) < 4.78 is 19.5. The number of aryl methyl sites for hydroxylation is 1. The van der Waals surface area contributed by atoms with Crippen molar-refractivity contribution in [3.63, 3.8) is 0 Å². The molecule has 3 aromatic rings. The number of pyridine rings is 1. The molecule has 0 bridgehead atoms. The van der Waals surface area contributed by atoms with Crippen LogP contribution in [0, 0.1) is 6.92 Å². The lowest BCUT2D eigenvalue weighted by Crippen LogP contribution is -2.35. The van der Waals surface area contributed by atoms with Crippen LogP contribution >= 0.6 is 0 Å². The van der Waals surface area contributed by atoms with Crippen molar-refractivity contribution in [2.45, 2.75) is 78.2 Å². The van der Waals surface area contributed by atoms with Gasteiger partial charge in [-0.1, -0.05) is 31.8 Å². The first-order chi connectivity index (χ1) is 17.7. The summed E-state index contributed by atoms with van der Waals surface area (Å²) in [6.45, 7) is 15.3. The van der Waals surface area contributed by atoms with Gasteiger partial charge < -0.3 is 29.2 Å². The minimum Gasteiger partial charge on any atom is -0.481 e. The molecule has 1 aromatic carbocycles. The number of amides is 1. The molecule has 2 heterocycles. The van der Waals surface area contributed by atoms with E-state index >= 15 is 0 Å². The number of nitrogens with one attached hydrogen (secondary N) is 1. The molecule has 2 N–H and O–H groups in total. The second-order valence-corrected chi connectivity index (χ2v) is 17.2. The summed E-state index contributed by atoms with van der Waals surface area (Å²) in [5.41, 5.74) is 1.65. The zero-order chi connectivity index (χ0) is 28.1. The molecule has 0 radical (unpaired) electrons. The Labute approximate surface area is 225 Å². The molecule has 0 spiro atoms. The van der Waals surface area contributed by atoms with E-state index < -0.39 is 31.8 Å². The molecular formula is C28H39N3O6Si. The van der Waals surface area contributed by atoms with E-state index in [1.165, 1.54) is 0 Å². The number of alkyl carbamates (subject to hydrolysis) is 1. The molecular weight excluding hydrogens is 502 g/mol. The van der Waals surface area contributed by atoms with Crippen molar-refractivity contribution in [1.82, 2.24) is 14.9 Å². The number of carboxylic acid groups (broad SMARTS) is 1. The number of benzene rings is 1. The molecule has 1 unspecified atom stereocenters. The summed E-state index contributed by atoms with van der Waals surface area (Å²) in [6.07, 6.45) is 2.71. The largest absolute Gasteiger partial charge is 0.481 e. The van der Waals surface area contributed by atoms with Crippen LogP contribution in [0.15, 0.2) is 42.7 Å². The number of aliphatic carboxylic acids is 1. The fourth-order valence-electron chi connectivity index (χ4n) is 3.90. The summed E-state index contributed by atoms with van der Waals surface area (Å²) in [5.74, 6) is 0.0903. The third-order valence-electron chi connectivity index (χ3n) is 5.69. The van der Waals surface area contributed by atoms with Crippen molar-refractivity contribution in [2.24, 2.45) is 0 Å². The molecule has 0 aliphatic heterocycles. The lowest BCUT2D eigenvalue weighted by molar-refractivity contribution is -0.137. The van der Waals surface area contributed by atoms with Gasteiger partial charge in [0.15, 0.2) is 0 Å². The highest BCUT2D eigenvalue weighted by molar-refractivity contribution is 6.76. The molecule has 2 aromatic heterocycles. The van der Waals surface area contributed by atoms with E-state index in [0.29, 0.717) is 30.4 Å². The predicted octanol–water partition coefficient (Wildman–Crippen LogP) is 6.49. The molecule has 1 atom stereocenters. The van der Waals surface area contributed by atoms with E-state index in [0.717, 1.165) is 22.6 Å². The van der Waals surface area contributed by atoms with Gasteiger partial charge in [0.2, 0.25) is 0 Å². The zero-order valence-corrected chi connectivity index (χ0v) is 24.3. The molecule has 3 rings (SSSR count). The van der Waals surface area contributed by atoms with E-state index in [9.17, 15) is 14.7 Å². The number of fused-ring (bicyclic) bond motifs is 1. The number of aromatic nitrogens is 2. The van der Waals surface area contributed by atoms with Crippen LogP contribution in [0.2, 0.25) is 25.7 Å². The molecule has 0 saturated heterocycles. The third-order valence-corrected chi connectivity index (χ3v) is 7.40. The van der Waals surface area contributed by atoms with Gasteiger partial charge in [0.05, 0.1) is 17.8 Å². The van der Waals surface area contributed by atoms with Crippen LogP contribution in [0.4, 0.5) is 4.79 Å². The molecule has 206 valence electrons. The fraction of sp³-hybridized carbons (Fsp3) is 0.464. The van der Waals surface area contributed by atoms with Gasteiger partial charge in [0.1, 0.15) is 29.5 Å². The summed E-state index contributed by atoms with van der Waals surface area (Å²) in [7, 11) is -1.17. The van der Waals surface area contributed by atoms with Gasteiger partial charge in [-0.25, -0.2) is 9.78 Å². The van der Waals surface area contributed by atoms with Gasteiger partial charge in [-0.2, -0.15) is 0 Å². The Hall–Kier alpha value is -3.37. The van der Waals surface area contributed by atoms with E-state index in [1.54, 1.807) is 57.3 Å². The average Bonchev–Trinajstić information content (AvgIpc) is 3.11. The zero-order valence-electron chi connectivity index (χ0n) is 23.3. The van der Waals surface area contributed by atoms with Crippen LogP contribution in [-0.4, -0.2) is 47.0 Å². The van der Waals surface area contributed by atoms with Crippen LogP contribution in [0.3, 0.4) is 0 Å². The number of hydrogen-bond acceptors (Lipinski definition) is 6. The topological polar surface area (TPSA) is 112 Å². The Morgan fingerprint density at radius 3 is 2.58 bits per heavy atom. The predicted molar refractivity (Wildman–Crippen MR) is 149 cm³/mol. The first kappa shape index (κ1) is 29.2. The van der Waals surface area contributed by atoms with Crippen molar-refractivity contribution in [3.8, 4) is 11.5 Å². The number of ether oxygens (including phenoxy) is 3. The van der Waals surface area contributed by atoms with Gasteiger partial charge in [0, 0.05) is 27.1 Å². The van der Waals surface area contributed by atoms with Gasteiger partial charge in [-0.05, 0) is 63.1 Å². The van der Waals surface area contributed by atoms with Crippen molar-refractivity contribution in [1.29, 1.82) is 0 Å². The molecule has 0 aliphatic carbocycles. The maximum absolute atomic E-state index is 12.4. The summed E-state index contributed by atoms with van der Waals surface area (Å²) in [6, 6.07) is 9.12. The second kappa shape index (κ2) is 12.0. The summed E-state index contributed by atoms with van der Waals surface area (Å²) in [4.78, 5) is 28.4. The SMILES string of the molecule is Cc1cn(COCC[Si](C)(C)C)c2nccc(Oc3cccc(C(CC(=O)O)NC(=O)OC(C)(C)C)c3)c12. The number of carboxylic acids is 1. The Bertz CT molecular complexity index is 1280. The van der Waals surface area contributed by atoms with E-state index in [4.69, 9.17) is 14.2 Å².